The Hall–Kier alpha value is -1.20. The summed E-state index contributed by atoms with van der Waals surface area (Å²) >= 11 is 9.50. The minimum absolute atomic E-state index is 0.0229. The molecular formula is C13H13BrClN3O. The van der Waals surface area contributed by atoms with Crippen molar-refractivity contribution < 1.29 is 4.79 Å². The molecule has 0 saturated heterocycles. The Bertz CT molecular complexity index is 624. The maximum Gasteiger partial charge on any atom is 0.170 e. The number of carbonyl (C=O) groups is 1. The number of halogens is 2. The molecule has 2 rings (SSSR count). The summed E-state index contributed by atoms with van der Waals surface area (Å²) in [5, 5.41) is 4.87. The van der Waals surface area contributed by atoms with Crippen LogP contribution in [0.2, 0.25) is 5.02 Å². The zero-order valence-corrected chi connectivity index (χ0v) is 13.0. The van der Waals surface area contributed by atoms with E-state index < -0.39 is 0 Å². The van der Waals surface area contributed by atoms with E-state index in [-0.39, 0.29) is 12.2 Å². The van der Waals surface area contributed by atoms with Crippen molar-refractivity contribution in [1.82, 2.24) is 14.8 Å². The van der Waals surface area contributed by atoms with Gasteiger partial charge in [0.05, 0.1) is 22.8 Å². The van der Waals surface area contributed by atoms with E-state index in [1.807, 2.05) is 13.8 Å². The number of hydrogen-bond acceptors (Lipinski definition) is 3. The molecule has 0 N–H and O–H groups in total. The molecule has 6 heteroatoms. The van der Waals surface area contributed by atoms with Gasteiger partial charge in [-0.3, -0.25) is 14.5 Å². The highest BCUT2D eigenvalue weighted by Gasteiger charge is 2.17. The third-order valence-electron chi connectivity index (χ3n) is 2.81. The summed E-state index contributed by atoms with van der Waals surface area (Å²) in [5.74, 6) is -0.0229. The third kappa shape index (κ3) is 3.04. The highest BCUT2D eigenvalue weighted by Crippen LogP contribution is 2.22. The quantitative estimate of drug-likeness (QED) is 0.800. The molecule has 0 saturated carbocycles. The molecule has 0 atom stereocenters. The van der Waals surface area contributed by atoms with Crippen LogP contribution in [-0.2, 0) is 13.0 Å². The van der Waals surface area contributed by atoms with Crippen molar-refractivity contribution in [1.29, 1.82) is 0 Å². The average Bonchev–Trinajstić information content (AvgIpc) is 2.66. The summed E-state index contributed by atoms with van der Waals surface area (Å²) in [6, 6.07) is 1.75. The van der Waals surface area contributed by atoms with Crippen molar-refractivity contribution in [2.24, 2.45) is 0 Å². The summed E-state index contributed by atoms with van der Waals surface area (Å²) in [6.07, 6.45) is 3.43. The van der Waals surface area contributed by atoms with E-state index in [4.69, 9.17) is 11.6 Å². The van der Waals surface area contributed by atoms with Gasteiger partial charge in [0, 0.05) is 29.0 Å². The van der Waals surface area contributed by atoms with Crippen LogP contribution in [0.5, 0.6) is 0 Å². The van der Waals surface area contributed by atoms with Crippen LogP contribution in [0.3, 0.4) is 0 Å². The molecule has 2 aromatic heterocycles. The molecule has 4 nitrogen and oxygen atoms in total. The first kappa shape index (κ1) is 14.2. The van der Waals surface area contributed by atoms with Crippen LogP contribution in [0.25, 0.3) is 0 Å². The normalized spacial score (nSPS) is 10.7. The summed E-state index contributed by atoms with van der Waals surface area (Å²) in [4.78, 5) is 16.2. The van der Waals surface area contributed by atoms with E-state index in [0.29, 0.717) is 17.1 Å². The number of hydrogen-bond donors (Lipinski definition) is 0. The van der Waals surface area contributed by atoms with Gasteiger partial charge in [-0.15, -0.1) is 0 Å². The Labute approximate surface area is 124 Å². The largest absolute Gasteiger partial charge is 0.294 e. The average molecular weight is 343 g/mol. The van der Waals surface area contributed by atoms with Gasteiger partial charge in [0.25, 0.3) is 0 Å². The Balaban J connectivity index is 2.29. The second kappa shape index (κ2) is 5.84. The number of aryl methyl sites for hydroxylation is 2. The fraction of sp³-hybridized carbons (Fsp3) is 0.308. The monoisotopic (exact) mass is 341 g/mol. The van der Waals surface area contributed by atoms with Gasteiger partial charge in [0.2, 0.25) is 0 Å². The van der Waals surface area contributed by atoms with Gasteiger partial charge >= 0.3 is 0 Å². The first-order valence-electron chi connectivity index (χ1n) is 5.88. The van der Waals surface area contributed by atoms with Crippen molar-refractivity contribution in [2.45, 2.75) is 26.8 Å². The van der Waals surface area contributed by atoms with E-state index in [2.05, 4.69) is 26.0 Å². The van der Waals surface area contributed by atoms with Gasteiger partial charge in [-0.25, -0.2) is 0 Å². The zero-order valence-electron chi connectivity index (χ0n) is 10.7. The molecule has 0 unspecified atom stereocenters. The van der Waals surface area contributed by atoms with E-state index in [9.17, 15) is 4.79 Å². The van der Waals surface area contributed by atoms with Crippen molar-refractivity contribution in [3.63, 3.8) is 0 Å². The van der Waals surface area contributed by atoms with Gasteiger partial charge < -0.3 is 0 Å². The maximum atomic E-state index is 12.2. The van der Waals surface area contributed by atoms with Crippen LogP contribution in [0, 0.1) is 6.92 Å². The third-order valence-corrected chi connectivity index (χ3v) is 3.73. The van der Waals surface area contributed by atoms with Crippen LogP contribution >= 0.6 is 27.5 Å². The molecule has 2 heterocycles. The Morgan fingerprint density at radius 1 is 1.47 bits per heavy atom. The lowest BCUT2D eigenvalue weighted by Crippen LogP contribution is -2.10. The first-order chi connectivity index (χ1) is 9.02. The van der Waals surface area contributed by atoms with Gasteiger partial charge in [0.15, 0.2) is 5.78 Å². The number of Topliss-reactive ketones (excluding diaryl/α,β-unsaturated/α-hetero) is 1. The smallest absolute Gasteiger partial charge is 0.170 e. The number of aromatic nitrogens is 3. The minimum atomic E-state index is -0.0229. The van der Waals surface area contributed by atoms with Gasteiger partial charge in [-0.2, -0.15) is 5.10 Å². The molecule has 0 aliphatic rings. The molecule has 0 radical (unpaired) electrons. The number of carbonyl (C=O) groups excluding carboxylic acids is 1. The van der Waals surface area contributed by atoms with Crippen LogP contribution in [0.15, 0.2) is 22.9 Å². The van der Waals surface area contributed by atoms with Crippen LogP contribution in [0.4, 0.5) is 0 Å². The summed E-state index contributed by atoms with van der Waals surface area (Å²) in [5.41, 5.74) is 2.07. The number of rotatable bonds is 4. The van der Waals surface area contributed by atoms with E-state index in [0.717, 1.165) is 15.9 Å². The molecule has 0 spiro atoms. The van der Waals surface area contributed by atoms with E-state index >= 15 is 0 Å². The van der Waals surface area contributed by atoms with Crippen LogP contribution in [0.1, 0.15) is 28.7 Å². The fourth-order valence-electron chi connectivity index (χ4n) is 1.86. The molecule has 100 valence electrons. The van der Waals surface area contributed by atoms with Crippen molar-refractivity contribution in [3.8, 4) is 0 Å². The lowest BCUT2D eigenvalue weighted by atomic mass is 10.1. The molecular weight excluding hydrogens is 330 g/mol. The Kier molecular flexibility index (Phi) is 4.37. The molecule has 2 aromatic rings. The predicted octanol–water partition coefficient (Wildman–Crippen LogP) is 3.45. The lowest BCUT2D eigenvalue weighted by molar-refractivity contribution is 0.0990. The molecule has 0 amide bonds. The molecule has 0 fully saturated rings. The van der Waals surface area contributed by atoms with Crippen LogP contribution < -0.4 is 0 Å². The second-order valence-corrected chi connectivity index (χ2v) is 5.45. The summed E-state index contributed by atoms with van der Waals surface area (Å²) in [6.45, 7) is 4.49. The molecule has 0 bridgehead atoms. The summed E-state index contributed by atoms with van der Waals surface area (Å²) in [7, 11) is 0. The van der Waals surface area contributed by atoms with Gasteiger partial charge in [-0.05, 0) is 35.8 Å². The second-order valence-electron chi connectivity index (χ2n) is 4.15. The highest BCUT2D eigenvalue weighted by molar-refractivity contribution is 9.10. The van der Waals surface area contributed by atoms with Crippen LogP contribution in [-0.4, -0.2) is 20.5 Å². The highest BCUT2D eigenvalue weighted by atomic mass is 79.9. The SMILES string of the molecule is CCn1nc(C)c(Cl)c1CC(=O)c1cncc(Br)c1. The number of pyridine rings is 1. The van der Waals surface area contributed by atoms with E-state index in [1.165, 1.54) is 0 Å². The zero-order chi connectivity index (χ0) is 14.0. The molecule has 0 aliphatic carbocycles. The van der Waals surface area contributed by atoms with Gasteiger partial charge in [0.1, 0.15) is 0 Å². The van der Waals surface area contributed by atoms with E-state index in [1.54, 1.807) is 23.1 Å². The number of nitrogens with zero attached hydrogens (tertiary/aromatic N) is 3. The minimum Gasteiger partial charge on any atom is -0.294 e. The first-order valence-corrected chi connectivity index (χ1v) is 7.05. The van der Waals surface area contributed by atoms with Crippen molar-refractivity contribution >= 4 is 33.3 Å². The topological polar surface area (TPSA) is 47.8 Å². The summed E-state index contributed by atoms with van der Waals surface area (Å²) < 4.78 is 2.55. The fourth-order valence-corrected chi connectivity index (χ4v) is 2.42. The predicted molar refractivity (Wildman–Crippen MR) is 77.6 cm³/mol. The maximum absolute atomic E-state index is 12.2. The lowest BCUT2D eigenvalue weighted by Gasteiger charge is -2.05. The molecule has 19 heavy (non-hydrogen) atoms. The Morgan fingerprint density at radius 2 is 2.21 bits per heavy atom. The molecule has 0 aliphatic heterocycles. The molecule has 0 aromatic carbocycles. The Morgan fingerprint density at radius 3 is 2.84 bits per heavy atom. The van der Waals surface area contributed by atoms with Crippen molar-refractivity contribution in [2.75, 3.05) is 0 Å². The van der Waals surface area contributed by atoms with Gasteiger partial charge in [-0.1, -0.05) is 11.6 Å². The standard InChI is InChI=1S/C13H13BrClN3O/c1-3-18-11(13(15)8(2)17-18)5-12(19)9-4-10(14)7-16-6-9/h4,6-7H,3,5H2,1-2H3. The van der Waals surface area contributed by atoms with Crippen molar-refractivity contribution in [3.05, 3.63) is 44.9 Å². The number of ketones is 1.